The zero-order chi connectivity index (χ0) is 37.3. The minimum atomic E-state index is -1.68. The quantitative estimate of drug-likeness (QED) is 0.0493. The molecule has 0 spiro atoms. The maximum atomic E-state index is 12.2. The van der Waals surface area contributed by atoms with E-state index in [1.165, 1.54) is 11.1 Å². The second-order valence-electron chi connectivity index (χ2n) is 12.6. The number of aliphatic carboxylic acids is 2. The van der Waals surface area contributed by atoms with Crippen LogP contribution in [0.25, 0.3) is 0 Å². The number of rotatable bonds is 24. The van der Waals surface area contributed by atoms with Gasteiger partial charge in [0.1, 0.15) is 12.1 Å². The number of hydrogen-bond donors (Lipinski definition) is 4. The maximum absolute atomic E-state index is 12.2. The van der Waals surface area contributed by atoms with Crippen molar-refractivity contribution in [3.8, 4) is 0 Å². The van der Waals surface area contributed by atoms with Crippen LogP contribution in [0.5, 0.6) is 0 Å². The first-order valence-corrected chi connectivity index (χ1v) is 20.1. The largest absolute Gasteiger partial charge is 1.00 e. The number of amides is 2. The predicted octanol–water partition coefficient (Wildman–Crippen LogP) is -2.75. The van der Waals surface area contributed by atoms with Crippen molar-refractivity contribution >= 4 is 39.7 Å². The van der Waals surface area contributed by atoms with Crippen LogP contribution in [0.3, 0.4) is 0 Å². The number of carbonyl (C=O) groups excluding carboxylic acids is 4. The Balaban J connectivity index is 0. The first-order chi connectivity index (χ1) is 23.8. The molecular formula is C36H54N4Na2O8P2+2. The number of carboxylic acid groups (broad SMARTS) is 2. The van der Waals surface area contributed by atoms with E-state index in [0.717, 1.165) is 38.5 Å². The summed E-state index contributed by atoms with van der Waals surface area (Å²) in [6.07, 6.45) is 5.96. The third-order valence-electron chi connectivity index (χ3n) is 7.56. The number of unbranched alkanes of at least 4 members (excludes halogenated alkanes) is 2. The minimum Gasteiger partial charge on any atom is -0.550 e. The zero-order valence-electron chi connectivity index (χ0n) is 31.7. The second-order valence-corrected chi connectivity index (χ2v) is 15.5. The molecule has 2 unspecified atom stereocenters. The van der Waals surface area contributed by atoms with Crippen molar-refractivity contribution in [1.82, 2.24) is 20.8 Å². The minimum absolute atomic E-state index is 0. The summed E-state index contributed by atoms with van der Waals surface area (Å²) in [4.78, 5) is 45.0. The number of aryl methyl sites for hydroxylation is 2. The van der Waals surface area contributed by atoms with E-state index in [1.54, 1.807) is 0 Å². The standard InChI is InChI=1S/2C18H27N2O4P.2Na/c2*1-14(2)17(18(23)19-12-11-16(21)22)20-25(24)13-7-6-10-15-8-4-3-5-9-15;;/h2*3-5,8-9,14,17H,6-7,10-13H2,1-2H3,(H2-,19,20,21,22,23,24);;/q;;2*+1/t2*17-;;/m00../s1. The predicted molar refractivity (Wildman–Crippen MR) is 192 cm³/mol. The van der Waals surface area contributed by atoms with E-state index in [2.05, 4.69) is 45.1 Å². The molecule has 2 aromatic rings. The molecule has 0 saturated heterocycles. The van der Waals surface area contributed by atoms with E-state index in [4.69, 9.17) is 0 Å². The Labute approximate surface area is 355 Å². The van der Waals surface area contributed by atoms with Gasteiger partial charge in [-0.05, 0) is 61.5 Å². The molecule has 52 heavy (non-hydrogen) atoms. The summed E-state index contributed by atoms with van der Waals surface area (Å²) in [7, 11) is -3.36. The maximum Gasteiger partial charge on any atom is 1.00 e. The van der Waals surface area contributed by atoms with Crippen molar-refractivity contribution in [2.24, 2.45) is 11.8 Å². The molecule has 4 atom stereocenters. The van der Waals surface area contributed by atoms with Gasteiger partial charge in [-0.25, -0.2) is 0 Å². The number of hydrogen-bond acceptors (Lipinski definition) is 8. The van der Waals surface area contributed by atoms with Gasteiger partial charge in [0, 0.05) is 37.9 Å². The summed E-state index contributed by atoms with van der Waals surface area (Å²) >= 11 is 0. The molecular weight excluding hydrogens is 724 g/mol. The molecule has 0 heterocycles. The molecule has 0 bridgehead atoms. The van der Waals surface area contributed by atoms with Crippen molar-refractivity contribution in [3.05, 3.63) is 71.8 Å². The van der Waals surface area contributed by atoms with Crippen LogP contribution in [-0.2, 0) is 41.1 Å². The van der Waals surface area contributed by atoms with Crippen LogP contribution < -0.4 is 90.1 Å². The molecule has 2 amide bonds. The molecule has 0 fully saturated rings. The van der Waals surface area contributed by atoms with Gasteiger partial charge in [0.2, 0.25) is 11.8 Å². The molecule has 276 valence electrons. The van der Waals surface area contributed by atoms with Crippen LogP contribution in [-0.4, -0.2) is 61.2 Å². The van der Waals surface area contributed by atoms with Crippen LogP contribution >= 0.6 is 15.9 Å². The summed E-state index contributed by atoms with van der Waals surface area (Å²) in [5.74, 6) is -3.18. The summed E-state index contributed by atoms with van der Waals surface area (Å²) in [6.45, 7) is 7.45. The van der Waals surface area contributed by atoms with Crippen molar-refractivity contribution in [2.75, 3.05) is 25.4 Å². The van der Waals surface area contributed by atoms with E-state index in [9.17, 15) is 38.5 Å². The summed E-state index contributed by atoms with van der Waals surface area (Å²) in [5.41, 5.74) is 2.52. The van der Waals surface area contributed by atoms with Crippen LogP contribution in [0.4, 0.5) is 0 Å². The van der Waals surface area contributed by atoms with Crippen LogP contribution in [0.15, 0.2) is 60.7 Å². The number of nitrogens with one attached hydrogen (secondary N) is 4. The Hall–Kier alpha value is -1.56. The van der Waals surface area contributed by atoms with Gasteiger partial charge in [0.15, 0.2) is 12.3 Å². The van der Waals surface area contributed by atoms with Crippen molar-refractivity contribution in [2.45, 2.75) is 91.1 Å². The number of carboxylic acids is 2. The van der Waals surface area contributed by atoms with Crippen molar-refractivity contribution < 1.29 is 97.6 Å². The average Bonchev–Trinajstić information content (AvgIpc) is 3.07. The molecule has 0 radical (unpaired) electrons. The van der Waals surface area contributed by atoms with E-state index >= 15 is 0 Å². The molecule has 2 rings (SSSR count). The molecule has 4 N–H and O–H groups in total. The van der Waals surface area contributed by atoms with Gasteiger partial charge in [-0.3, -0.25) is 9.59 Å². The van der Waals surface area contributed by atoms with E-state index in [0.29, 0.717) is 12.3 Å². The Bertz CT molecular complexity index is 1240. The number of carbonyl (C=O) groups is 4. The Morgan fingerprint density at radius 3 is 1.19 bits per heavy atom. The van der Waals surface area contributed by atoms with Gasteiger partial charge in [-0.15, -0.1) is 0 Å². The second kappa shape index (κ2) is 31.8. The summed E-state index contributed by atoms with van der Waals surface area (Å²) < 4.78 is 24.4. The molecule has 0 aliphatic carbocycles. The third-order valence-corrected chi connectivity index (χ3v) is 10.1. The third kappa shape index (κ3) is 26.3. The Morgan fingerprint density at radius 1 is 0.577 bits per heavy atom. The van der Waals surface area contributed by atoms with Crippen molar-refractivity contribution in [1.29, 1.82) is 0 Å². The van der Waals surface area contributed by atoms with Gasteiger partial charge >= 0.3 is 75.0 Å². The molecule has 0 aromatic heterocycles. The van der Waals surface area contributed by atoms with Crippen LogP contribution in [0.2, 0.25) is 0 Å². The van der Waals surface area contributed by atoms with Crippen LogP contribution in [0.1, 0.15) is 77.3 Å². The van der Waals surface area contributed by atoms with Crippen LogP contribution in [0, 0.1) is 11.8 Å². The summed E-state index contributed by atoms with van der Waals surface area (Å²) in [6, 6.07) is 19.1. The molecule has 0 saturated carbocycles. The van der Waals surface area contributed by atoms with E-state index in [-0.39, 0.29) is 109 Å². The van der Waals surface area contributed by atoms with Crippen molar-refractivity contribution in [3.63, 3.8) is 0 Å². The summed E-state index contributed by atoms with van der Waals surface area (Å²) in [5, 5.41) is 31.6. The smallest absolute Gasteiger partial charge is 0.550 e. The fourth-order valence-corrected chi connectivity index (χ4v) is 7.45. The molecule has 0 aliphatic heterocycles. The molecule has 2 aromatic carbocycles. The average molecular weight is 779 g/mol. The number of benzene rings is 2. The van der Waals surface area contributed by atoms with Gasteiger partial charge in [-0.1, -0.05) is 108 Å². The van der Waals surface area contributed by atoms with Gasteiger partial charge < -0.3 is 30.4 Å². The van der Waals surface area contributed by atoms with E-state index in [1.807, 2.05) is 64.1 Å². The SMILES string of the molecule is CC(C)[C@H](N[P+](=O)CCCCc1ccccc1)C(=O)NCCC(=O)[O-].CC(C)[C@H](N[P+](=O)CCCCc1ccccc1)C(=O)NCCC(=O)[O-].[Na+].[Na+]. The fourth-order valence-electron chi connectivity index (χ4n) is 4.71. The molecule has 12 nitrogen and oxygen atoms in total. The van der Waals surface area contributed by atoms with Gasteiger partial charge in [0.25, 0.3) is 0 Å². The van der Waals surface area contributed by atoms with Gasteiger partial charge in [-0.2, -0.15) is 0 Å². The molecule has 0 aliphatic rings. The van der Waals surface area contributed by atoms with Gasteiger partial charge in [0.05, 0.1) is 0 Å². The topological polar surface area (TPSA) is 197 Å². The van der Waals surface area contributed by atoms with E-state index < -0.39 is 39.9 Å². The Kier molecular flexibility index (Phi) is 32.1. The first-order valence-electron chi connectivity index (χ1n) is 17.2. The first kappa shape index (κ1) is 52.5. The Morgan fingerprint density at radius 2 is 0.904 bits per heavy atom. The molecule has 16 heteroatoms. The monoisotopic (exact) mass is 778 g/mol. The fraction of sp³-hybridized carbons (Fsp3) is 0.556. The zero-order valence-corrected chi connectivity index (χ0v) is 37.5. The normalized spacial score (nSPS) is 12.2.